The number of hydrogen-bond donors (Lipinski definition) is 1. The largest absolute Gasteiger partial charge is 0.506 e. The molecule has 0 saturated carbocycles. The minimum Gasteiger partial charge on any atom is -0.506 e. The van der Waals surface area contributed by atoms with Crippen LogP contribution in [0.4, 0.5) is 5.69 Å². The Hall–Kier alpha value is -2.76. The Morgan fingerprint density at radius 3 is 2.44 bits per heavy atom. The van der Waals surface area contributed by atoms with Crippen molar-refractivity contribution in [2.45, 2.75) is 6.54 Å². The smallest absolute Gasteiger partial charge is 0.264 e. The molecule has 1 amide bonds. The van der Waals surface area contributed by atoms with Crippen LogP contribution in [-0.2, 0) is 6.54 Å². The Morgan fingerprint density at radius 1 is 1.07 bits per heavy atom. The van der Waals surface area contributed by atoms with E-state index in [0.717, 1.165) is 0 Å². The number of anilines is 1. The van der Waals surface area contributed by atoms with Crippen molar-refractivity contribution in [2.75, 3.05) is 12.0 Å². The van der Waals surface area contributed by atoms with Gasteiger partial charge in [-0.25, -0.2) is 0 Å². The van der Waals surface area contributed by atoms with E-state index in [-0.39, 0.29) is 33.7 Å². The molecule has 0 atom stereocenters. The van der Waals surface area contributed by atoms with Crippen molar-refractivity contribution in [3.8, 4) is 11.5 Å². The summed E-state index contributed by atoms with van der Waals surface area (Å²) in [6.07, 6.45) is 1.63. The molecule has 0 aliphatic rings. The number of carbonyl (C=O) groups excluding carboxylic acids is 1. The van der Waals surface area contributed by atoms with E-state index in [2.05, 4.69) is 4.98 Å². The van der Waals surface area contributed by atoms with Gasteiger partial charge in [-0.1, -0.05) is 41.4 Å². The van der Waals surface area contributed by atoms with Crippen LogP contribution in [-0.4, -0.2) is 23.1 Å². The van der Waals surface area contributed by atoms with Crippen LogP contribution >= 0.6 is 23.2 Å². The van der Waals surface area contributed by atoms with Gasteiger partial charge < -0.3 is 9.84 Å². The molecule has 1 aromatic heterocycles. The third-order valence-electron chi connectivity index (χ3n) is 3.94. The monoisotopic (exact) mass is 402 g/mol. The maximum atomic E-state index is 13.4. The predicted octanol–water partition coefficient (Wildman–Crippen LogP) is 4.95. The highest BCUT2D eigenvalue weighted by molar-refractivity contribution is 6.38. The fourth-order valence-electron chi connectivity index (χ4n) is 2.68. The van der Waals surface area contributed by atoms with Crippen LogP contribution in [0.5, 0.6) is 11.5 Å². The molecule has 0 saturated heterocycles. The summed E-state index contributed by atoms with van der Waals surface area (Å²) in [4.78, 5) is 19.1. The molecule has 27 heavy (non-hydrogen) atoms. The minimum atomic E-state index is -0.466. The van der Waals surface area contributed by atoms with E-state index in [9.17, 15) is 9.90 Å². The highest BCUT2D eigenvalue weighted by Crippen LogP contribution is 2.37. The van der Waals surface area contributed by atoms with Crippen molar-refractivity contribution in [2.24, 2.45) is 0 Å². The SMILES string of the molecule is COc1c(Cl)ccc(Cl)c1C(=O)N(Cc1ccccn1)c1ccccc1O. The van der Waals surface area contributed by atoms with Crippen molar-refractivity contribution in [1.29, 1.82) is 0 Å². The Labute approximate surface area is 166 Å². The second kappa shape index (κ2) is 8.29. The Bertz CT molecular complexity index is 965. The van der Waals surface area contributed by atoms with Crippen LogP contribution < -0.4 is 9.64 Å². The van der Waals surface area contributed by atoms with Gasteiger partial charge >= 0.3 is 0 Å². The molecule has 2 aromatic carbocycles. The number of pyridine rings is 1. The van der Waals surface area contributed by atoms with Crippen LogP contribution in [0.15, 0.2) is 60.8 Å². The molecule has 0 radical (unpaired) electrons. The molecule has 5 nitrogen and oxygen atoms in total. The van der Waals surface area contributed by atoms with Crippen LogP contribution in [0.3, 0.4) is 0 Å². The number of halogens is 2. The third-order valence-corrected chi connectivity index (χ3v) is 4.55. The first kappa shape index (κ1) is 19.0. The van der Waals surface area contributed by atoms with Crippen molar-refractivity contribution in [3.63, 3.8) is 0 Å². The zero-order valence-corrected chi connectivity index (χ0v) is 15.9. The van der Waals surface area contributed by atoms with E-state index < -0.39 is 5.91 Å². The molecule has 0 fully saturated rings. The molecule has 0 bridgehead atoms. The number of amides is 1. The fourth-order valence-corrected chi connectivity index (χ4v) is 3.14. The van der Waals surface area contributed by atoms with Crippen molar-refractivity contribution >= 4 is 34.8 Å². The van der Waals surface area contributed by atoms with E-state index >= 15 is 0 Å². The first-order valence-electron chi connectivity index (χ1n) is 8.04. The molecule has 3 rings (SSSR count). The lowest BCUT2D eigenvalue weighted by Gasteiger charge is -2.25. The van der Waals surface area contributed by atoms with Gasteiger partial charge in [-0.3, -0.25) is 14.7 Å². The zero-order chi connectivity index (χ0) is 19.4. The average molecular weight is 403 g/mol. The molecule has 7 heteroatoms. The number of para-hydroxylation sites is 2. The van der Waals surface area contributed by atoms with Gasteiger partial charge in [0.25, 0.3) is 5.91 Å². The van der Waals surface area contributed by atoms with E-state index in [0.29, 0.717) is 11.4 Å². The Kier molecular flexibility index (Phi) is 5.84. The van der Waals surface area contributed by atoms with Gasteiger partial charge in [-0.05, 0) is 36.4 Å². The van der Waals surface area contributed by atoms with Crippen LogP contribution in [0.2, 0.25) is 10.0 Å². The molecule has 0 spiro atoms. The quantitative estimate of drug-likeness (QED) is 0.655. The van der Waals surface area contributed by atoms with Gasteiger partial charge in [0, 0.05) is 6.20 Å². The number of benzene rings is 2. The maximum Gasteiger partial charge on any atom is 0.264 e. The number of aromatic hydroxyl groups is 1. The number of carbonyl (C=O) groups is 1. The van der Waals surface area contributed by atoms with Crippen LogP contribution in [0.25, 0.3) is 0 Å². The van der Waals surface area contributed by atoms with E-state index in [1.54, 1.807) is 42.6 Å². The number of aromatic nitrogens is 1. The normalized spacial score (nSPS) is 10.5. The summed E-state index contributed by atoms with van der Waals surface area (Å²) in [5, 5.41) is 10.8. The predicted molar refractivity (Wildman–Crippen MR) is 106 cm³/mol. The van der Waals surface area contributed by atoms with Crippen molar-refractivity contribution < 1.29 is 14.6 Å². The highest BCUT2D eigenvalue weighted by atomic mass is 35.5. The summed E-state index contributed by atoms with van der Waals surface area (Å²) >= 11 is 12.5. The van der Waals surface area contributed by atoms with E-state index in [1.807, 2.05) is 6.07 Å². The van der Waals surface area contributed by atoms with Gasteiger partial charge in [0.2, 0.25) is 0 Å². The first-order chi connectivity index (χ1) is 13.0. The number of hydrogen-bond acceptors (Lipinski definition) is 4. The summed E-state index contributed by atoms with van der Waals surface area (Å²) in [6, 6.07) is 15.0. The molecule has 3 aromatic rings. The van der Waals surface area contributed by atoms with Crippen LogP contribution in [0.1, 0.15) is 16.1 Å². The van der Waals surface area contributed by atoms with E-state index in [4.69, 9.17) is 27.9 Å². The second-order valence-corrected chi connectivity index (χ2v) is 6.45. The number of nitrogens with zero attached hydrogens (tertiary/aromatic N) is 2. The molecule has 138 valence electrons. The molecule has 1 heterocycles. The summed E-state index contributed by atoms with van der Waals surface area (Å²) < 4.78 is 5.30. The average Bonchev–Trinajstić information content (AvgIpc) is 2.68. The van der Waals surface area contributed by atoms with Crippen molar-refractivity contribution in [1.82, 2.24) is 4.98 Å². The van der Waals surface area contributed by atoms with Crippen LogP contribution in [0, 0.1) is 0 Å². The molecule has 1 N–H and O–H groups in total. The molecule has 0 aliphatic carbocycles. The Balaban J connectivity index is 2.13. The summed E-state index contributed by atoms with van der Waals surface area (Å²) in [7, 11) is 1.41. The zero-order valence-electron chi connectivity index (χ0n) is 14.4. The number of phenols is 1. The first-order valence-corrected chi connectivity index (χ1v) is 8.80. The summed E-state index contributed by atoms with van der Waals surface area (Å²) in [5.41, 5.74) is 1.09. The fraction of sp³-hybridized carbons (Fsp3) is 0.100. The van der Waals surface area contributed by atoms with Gasteiger partial charge in [0.15, 0.2) is 5.75 Å². The highest BCUT2D eigenvalue weighted by Gasteiger charge is 2.27. The minimum absolute atomic E-state index is 0.0427. The maximum absolute atomic E-state index is 13.4. The molecular formula is C20H16Cl2N2O3. The van der Waals surface area contributed by atoms with E-state index in [1.165, 1.54) is 24.1 Å². The number of ether oxygens (including phenoxy) is 1. The lowest BCUT2D eigenvalue weighted by atomic mass is 10.1. The number of methoxy groups -OCH3 is 1. The Morgan fingerprint density at radius 2 is 1.78 bits per heavy atom. The number of phenolic OH excluding ortho intramolecular Hbond substituents is 1. The second-order valence-electron chi connectivity index (χ2n) is 5.64. The molecule has 0 unspecified atom stereocenters. The summed E-state index contributed by atoms with van der Waals surface area (Å²) in [5.74, 6) is -0.332. The van der Waals surface area contributed by atoms with Gasteiger partial charge in [0.1, 0.15) is 11.3 Å². The lowest BCUT2D eigenvalue weighted by molar-refractivity contribution is 0.0981. The molecular weight excluding hydrogens is 387 g/mol. The topological polar surface area (TPSA) is 62.7 Å². The summed E-state index contributed by atoms with van der Waals surface area (Å²) in [6.45, 7) is 0.128. The number of rotatable bonds is 5. The third kappa shape index (κ3) is 3.99. The standard InChI is InChI=1S/C20H16Cl2N2O3/c1-27-19-15(22)10-9-14(21)18(19)20(26)24(12-13-6-4-5-11-23-13)16-7-2-3-8-17(16)25/h2-11,25H,12H2,1H3. The van der Waals surface area contributed by atoms with Crippen molar-refractivity contribution in [3.05, 3.63) is 82.1 Å². The van der Waals surface area contributed by atoms with Gasteiger partial charge in [0.05, 0.1) is 35.1 Å². The molecule has 0 aliphatic heterocycles. The lowest BCUT2D eigenvalue weighted by Crippen LogP contribution is -2.31. The van der Waals surface area contributed by atoms with Gasteiger partial charge in [-0.15, -0.1) is 0 Å². The van der Waals surface area contributed by atoms with Gasteiger partial charge in [-0.2, -0.15) is 0 Å².